The molecule has 0 unspecified atom stereocenters. The molecule has 0 fully saturated rings. The van der Waals surface area contributed by atoms with Gasteiger partial charge in [-0.05, 0) is 7.05 Å². The molecule has 0 radical (unpaired) electrons. The van der Waals surface area contributed by atoms with Crippen molar-refractivity contribution in [1.29, 1.82) is 0 Å². The minimum atomic E-state index is -0.0868. The van der Waals surface area contributed by atoms with E-state index in [0.29, 0.717) is 0 Å². The topological polar surface area (TPSA) is 78.7 Å². The normalized spacial score (nSPS) is 8.57. The number of aliphatic hydroxyl groups is 2. The van der Waals surface area contributed by atoms with E-state index < -0.39 is 0 Å². The van der Waals surface area contributed by atoms with E-state index in [9.17, 15) is 0 Å². The minimum absolute atomic E-state index is 0. The van der Waals surface area contributed by atoms with Crippen molar-refractivity contribution in [2.24, 2.45) is 0 Å². The highest BCUT2D eigenvalue weighted by atomic mass is 16.3. The molecule has 0 amide bonds. The Kier molecular flexibility index (Phi) is 8.31. The molecule has 0 aliphatic heterocycles. The Morgan fingerprint density at radius 1 is 1.29 bits per heavy atom. The van der Waals surface area contributed by atoms with Crippen LogP contribution in [0.15, 0.2) is 0 Å². The highest BCUT2D eigenvalue weighted by molar-refractivity contribution is 4.22. The lowest BCUT2D eigenvalue weighted by Crippen LogP contribution is -2.19. The van der Waals surface area contributed by atoms with E-state index in [1.54, 1.807) is 7.05 Å². The number of nitrogens with zero attached hydrogens (tertiary/aromatic N) is 1. The number of hydrogen-bond donors (Lipinski definition) is 3. The molecule has 7 heavy (non-hydrogen) atoms. The van der Waals surface area contributed by atoms with Crippen LogP contribution in [0.1, 0.15) is 0 Å². The second-order valence-corrected chi connectivity index (χ2v) is 1.14. The fourth-order valence-corrected chi connectivity index (χ4v) is 0.0447. The van der Waals surface area contributed by atoms with Gasteiger partial charge in [-0.1, -0.05) is 0 Å². The van der Waals surface area contributed by atoms with Crippen LogP contribution in [0.25, 0.3) is 0 Å². The Labute approximate surface area is 43.0 Å². The molecule has 4 nitrogen and oxygen atoms in total. The first-order valence-electron chi connectivity index (χ1n) is 1.71. The lowest BCUT2D eigenvalue weighted by molar-refractivity contribution is 0.0512. The monoisotopic (exact) mass is 108 g/mol. The van der Waals surface area contributed by atoms with Crippen molar-refractivity contribution in [2.75, 3.05) is 20.5 Å². The van der Waals surface area contributed by atoms with Gasteiger partial charge in [0.15, 0.2) is 0 Å². The number of rotatable bonds is 2. The molecule has 0 spiro atoms. The Hall–Kier alpha value is -0.160. The van der Waals surface area contributed by atoms with Crippen LogP contribution in [0.4, 0.5) is 0 Å². The largest absolute Gasteiger partial charge is 0.381 e. The van der Waals surface area contributed by atoms with Crippen LogP contribution in [0.3, 0.4) is 0 Å². The minimum Gasteiger partial charge on any atom is -0.381 e. The van der Waals surface area contributed by atoms with Gasteiger partial charge in [0.25, 0.3) is 0 Å². The number of hydrogen-bond acceptors (Lipinski definition) is 4. The summed E-state index contributed by atoms with van der Waals surface area (Å²) in [5.74, 6) is 0. The molecule has 0 saturated heterocycles. The van der Waals surface area contributed by atoms with Gasteiger partial charge in [-0.2, -0.15) is 0 Å². The molecule has 0 heterocycles. The Morgan fingerprint density at radius 3 is 1.57 bits per heavy atom. The molecule has 5 N–H and O–H groups in total. The van der Waals surface area contributed by atoms with Crippen LogP contribution < -0.4 is 6.15 Å². The van der Waals surface area contributed by atoms with Crippen molar-refractivity contribution < 1.29 is 10.2 Å². The Balaban J connectivity index is 0. The maximum atomic E-state index is 8.10. The lowest BCUT2D eigenvalue weighted by Gasteiger charge is -2.05. The van der Waals surface area contributed by atoms with Gasteiger partial charge >= 0.3 is 0 Å². The van der Waals surface area contributed by atoms with Crippen LogP contribution in [0, 0.1) is 0 Å². The molecule has 0 atom stereocenters. The van der Waals surface area contributed by atoms with Crippen molar-refractivity contribution in [1.82, 2.24) is 11.1 Å². The smallest absolute Gasteiger partial charge is 0.0971 e. The summed E-state index contributed by atoms with van der Waals surface area (Å²) in [7, 11) is 1.61. The van der Waals surface area contributed by atoms with E-state index in [4.69, 9.17) is 10.2 Å². The maximum absolute atomic E-state index is 8.10. The zero-order valence-electron chi connectivity index (χ0n) is 4.46. The van der Waals surface area contributed by atoms with E-state index >= 15 is 0 Å². The fourth-order valence-electron chi connectivity index (χ4n) is 0.0447. The van der Waals surface area contributed by atoms with E-state index in [0.717, 1.165) is 0 Å². The van der Waals surface area contributed by atoms with E-state index in [2.05, 4.69) is 0 Å². The average Bonchev–Trinajstić information content (AvgIpc) is 1.65. The molecule has 0 aromatic carbocycles. The van der Waals surface area contributed by atoms with Gasteiger partial charge in [0.2, 0.25) is 0 Å². The Bertz CT molecular complexity index is 30.1. The van der Waals surface area contributed by atoms with Crippen LogP contribution in [-0.2, 0) is 0 Å². The molecule has 0 rings (SSSR count). The second-order valence-electron chi connectivity index (χ2n) is 1.14. The molecule has 4 heteroatoms. The van der Waals surface area contributed by atoms with Crippen molar-refractivity contribution in [2.45, 2.75) is 0 Å². The van der Waals surface area contributed by atoms with Gasteiger partial charge in [0.05, 0.1) is 13.5 Å². The van der Waals surface area contributed by atoms with Gasteiger partial charge in [0.1, 0.15) is 0 Å². The molecule has 0 aromatic rings. The summed E-state index contributed by atoms with van der Waals surface area (Å²) in [6, 6.07) is 0. The van der Waals surface area contributed by atoms with Crippen LogP contribution in [-0.4, -0.2) is 35.6 Å². The third-order valence-corrected chi connectivity index (χ3v) is 0.483. The van der Waals surface area contributed by atoms with Crippen LogP contribution in [0.2, 0.25) is 0 Å². The average molecular weight is 108 g/mol. The zero-order chi connectivity index (χ0) is 4.99. The van der Waals surface area contributed by atoms with Crippen molar-refractivity contribution >= 4 is 0 Å². The highest BCUT2D eigenvalue weighted by Gasteiger charge is 1.84. The zero-order valence-corrected chi connectivity index (χ0v) is 4.46. The van der Waals surface area contributed by atoms with Crippen molar-refractivity contribution in [3.63, 3.8) is 0 Å². The predicted octanol–water partition coefficient (Wildman–Crippen LogP) is -1.02. The highest BCUT2D eigenvalue weighted by Crippen LogP contribution is 1.68. The fraction of sp³-hybridized carbons (Fsp3) is 1.00. The first kappa shape index (κ1) is 9.96. The Morgan fingerprint density at radius 2 is 1.57 bits per heavy atom. The molecular formula is C3H12N2O2. The van der Waals surface area contributed by atoms with E-state index in [-0.39, 0.29) is 19.6 Å². The van der Waals surface area contributed by atoms with Gasteiger partial charge in [-0.25, -0.2) is 0 Å². The van der Waals surface area contributed by atoms with Crippen LogP contribution >= 0.6 is 0 Å². The molecular weight excluding hydrogens is 96.0 g/mol. The third kappa shape index (κ3) is 5.84. The van der Waals surface area contributed by atoms with E-state index in [1.807, 2.05) is 0 Å². The standard InChI is InChI=1S/C3H9NO2.H3N/c1-4(2-5)3-6;/h5-6H,2-3H2,1H3;1H3. The molecule has 0 aromatic heterocycles. The first-order valence-corrected chi connectivity index (χ1v) is 1.71. The molecule has 0 bridgehead atoms. The summed E-state index contributed by atoms with van der Waals surface area (Å²) in [5.41, 5.74) is 0. The van der Waals surface area contributed by atoms with Gasteiger partial charge in [-0.3, -0.25) is 4.90 Å². The summed E-state index contributed by atoms with van der Waals surface area (Å²) in [4.78, 5) is 1.36. The lowest BCUT2D eigenvalue weighted by atomic mass is 10.9. The summed E-state index contributed by atoms with van der Waals surface area (Å²) >= 11 is 0. The van der Waals surface area contributed by atoms with E-state index in [1.165, 1.54) is 4.90 Å². The summed E-state index contributed by atoms with van der Waals surface area (Å²) in [5, 5.41) is 16.2. The molecule has 46 valence electrons. The quantitative estimate of drug-likeness (QED) is 0.395. The summed E-state index contributed by atoms with van der Waals surface area (Å²) < 4.78 is 0. The first-order chi connectivity index (χ1) is 2.81. The molecule has 0 saturated carbocycles. The summed E-state index contributed by atoms with van der Waals surface area (Å²) in [6.07, 6.45) is 0. The van der Waals surface area contributed by atoms with Gasteiger partial charge < -0.3 is 16.4 Å². The predicted molar refractivity (Wildman–Crippen MR) is 27.0 cm³/mol. The molecule has 0 aliphatic rings. The van der Waals surface area contributed by atoms with Crippen molar-refractivity contribution in [3.05, 3.63) is 0 Å². The van der Waals surface area contributed by atoms with Gasteiger partial charge in [0, 0.05) is 0 Å². The SMILES string of the molecule is CN(CO)CO.N. The van der Waals surface area contributed by atoms with Crippen molar-refractivity contribution in [3.8, 4) is 0 Å². The number of aliphatic hydroxyl groups excluding tert-OH is 2. The van der Waals surface area contributed by atoms with Gasteiger partial charge in [-0.15, -0.1) is 0 Å². The summed E-state index contributed by atoms with van der Waals surface area (Å²) in [6.45, 7) is -0.174. The maximum Gasteiger partial charge on any atom is 0.0971 e. The second kappa shape index (κ2) is 5.84. The van der Waals surface area contributed by atoms with Crippen LogP contribution in [0.5, 0.6) is 0 Å². The third-order valence-electron chi connectivity index (χ3n) is 0.483. The molecule has 0 aliphatic carbocycles.